The Morgan fingerprint density at radius 2 is 0.929 bits per heavy atom. The van der Waals surface area contributed by atoms with Crippen molar-refractivity contribution >= 4 is 74.8 Å². The molecule has 0 saturated heterocycles. The second kappa shape index (κ2) is 4.07. The molecule has 0 saturated carbocycles. The fraction of sp³-hybridized carbons (Fsp3) is 0. The molecule has 2 rings (SSSR count). The van der Waals surface area contributed by atoms with Gasteiger partial charge in [0.2, 0.25) is 0 Å². The summed E-state index contributed by atoms with van der Waals surface area (Å²) < 4.78 is 2.23. The average Bonchev–Trinajstić information content (AvgIpc) is 2.07. The largest absolute Gasteiger partial charge is 0.217 e. The smallest absolute Gasteiger partial charge is 0.198 e. The summed E-state index contributed by atoms with van der Waals surface area (Å²) in [6.07, 6.45) is 0. The van der Waals surface area contributed by atoms with Crippen LogP contribution in [0.5, 0.6) is 0 Å². The number of fused-ring (bicyclic) bond motifs is 1. The monoisotopic (exact) mass is 444 g/mol. The maximum atomic E-state index is 4.16. The van der Waals surface area contributed by atoms with E-state index in [4.69, 9.17) is 0 Å². The maximum Gasteiger partial charge on any atom is 0.198 e. The number of hydrogen-bond donors (Lipinski definition) is 0. The summed E-state index contributed by atoms with van der Waals surface area (Å²) in [6.45, 7) is 0. The van der Waals surface area contributed by atoms with Gasteiger partial charge in [-0.05, 0) is 63.7 Å². The van der Waals surface area contributed by atoms with E-state index < -0.39 is 0 Å². The Kier molecular flexibility index (Phi) is 3.15. The molecular formula is C6Br4N4. The fourth-order valence-electron chi connectivity index (χ4n) is 0.896. The van der Waals surface area contributed by atoms with E-state index in [1.54, 1.807) is 0 Å². The molecule has 0 aliphatic carbocycles. The van der Waals surface area contributed by atoms with E-state index in [0.29, 0.717) is 29.7 Å². The van der Waals surface area contributed by atoms with Crippen molar-refractivity contribution in [3.05, 3.63) is 18.7 Å². The predicted octanol–water partition coefficient (Wildman–Crippen LogP) is 3.47. The van der Waals surface area contributed by atoms with Crippen LogP contribution in [0.1, 0.15) is 0 Å². The molecule has 0 spiro atoms. The first-order chi connectivity index (χ1) is 6.58. The molecule has 0 fully saturated rings. The Morgan fingerprint density at radius 3 is 1.29 bits per heavy atom. The van der Waals surface area contributed by atoms with Gasteiger partial charge in [0.25, 0.3) is 0 Å². The fourth-order valence-corrected chi connectivity index (χ4v) is 2.97. The molecule has 4 nitrogen and oxygen atoms in total. The summed E-state index contributed by atoms with van der Waals surface area (Å²) in [4.78, 5) is 16.5. The first kappa shape index (κ1) is 10.8. The SMILES string of the molecule is Brc1nc(Br)c2nc(Br)nc(Br)c2n1. The highest BCUT2D eigenvalue weighted by atomic mass is 79.9. The molecule has 0 amide bonds. The minimum atomic E-state index is 0.489. The van der Waals surface area contributed by atoms with Crippen molar-refractivity contribution in [2.75, 3.05) is 0 Å². The van der Waals surface area contributed by atoms with Crippen LogP contribution in [0.15, 0.2) is 18.7 Å². The van der Waals surface area contributed by atoms with Crippen molar-refractivity contribution in [1.29, 1.82) is 0 Å². The second-order valence-corrected chi connectivity index (χ2v) is 5.18. The highest BCUT2D eigenvalue weighted by molar-refractivity contribution is 9.11. The number of rotatable bonds is 0. The van der Waals surface area contributed by atoms with Gasteiger partial charge in [-0.25, -0.2) is 19.9 Å². The minimum Gasteiger partial charge on any atom is -0.217 e. The van der Waals surface area contributed by atoms with Crippen LogP contribution >= 0.6 is 63.7 Å². The van der Waals surface area contributed by atoms with Gasteiger partial charge in [-0.3, -0.25) is 0 Å². The first-order valence-corrected chi connectivity index (χ1v) is 6.47. The minimum absolute atomic E-state index is 0.489. The van der Waals surface area contributed by atoms with Crippen molar-refractivity contribution in [2.45, 2.75) is 0 Å². The van der Waals surface area contributed by atoms with Crippen molar-refractivity contribution in [3.8, 4) is 0 Å². The van der Waals surface area contributed by atoms with Gasteiger partial charge < -0.3 is 0 Å². The quantitative estimate of drug-likeness (QED) is 0.458. The molecule has 0 radical (unpaired) electrons. The van der Waals surface area contributed by atoms with Gasteiger partial charge in [0.05, 0.1) is 0 Å². The lowest BCUT2D eigenvalue weighted by Gasteiger charge is -2.01. The van der Waals surface area contributed by atoms with Crippen LogP contribution in [0.2, 0.25) is 0 Å². The van der Waals surface area contributed by atoms with Gasteiger partial charge in [0.1, 0.15) is 20.2 Å². The summed E-state index contributed by atoms with van der Waals surface area (Å²) in [5, 5.41) is 0. The zero-order valence-electron chi connectivity index (χ0n) is 6.30. The van der Waals surface area contributed by atoms with E-state index in [-0.39, 0.29) is 0 Å². The Balaban J connectivity index is 2.94. The van der Waals surface area contributed by atoms with Crippen LogP contribution < -0.4 is 0 Å². The van der Waals surface area contributed by atoms with Gasteiger partial charge in [-0.15, -0.1) is 0 Å². The molecule has 14 heavy (non-hydrogen) atoms. The lowest BCUT2D eigenvalue weighted by molar-refractivity contribution is 1.06. The molecular weight excluding hydrogens is 448 g/mol. The third-order valence-corrected chi connectivity index (χ3v) is 3.22. The summed E-state index contributed by atoms with van der Waals surface area (Å²) in [5.41, 5.74) is 1.31. The molecule has 0 aliphatic heterocycles. The van der Waals surface area contributed by atoms with Crippen LogP contribution in [0.25, 0.3) is 11.0 Å². The number of aromatic nitrogens is 4. The van der Waals surface area contributed by atoms with Crippen LogP contribution in [-0.2, 0) is 0 Å². The third kappa shape index (κ3) is 1.98. The van der Waals surface area contributed by atoms with E-state index in [1.165, 1.54) is 0 Å². The normalized spacial score (nSPS) is 10.9. The Labute approximate surface area is 112 Å². The molecule has 2 aromatic heterocycles. The number of hydrogen-bond acceptors (Lipinski definition) is 4. The summed E-state index contributed by atoms with van der Waals surface area (Å²) >= 11 is 13.0. The van der Waals surface area contributed by atoms with Crippen LogP contribution in [0, 0.1) is 0 Å². The molecule has 2 aromatic rings. The van der Waals surface area contributed by atoms with E-state index in [1.807, 2.05) is 0 Å². The van der Waals surface area contributed by atoms with Gasteiger partial charge in [-0.1, -0.05) is 0 Å². The number of halogens is 4. The second-order valence-electron chi connectivity index (χ2n) is 2.26. The zero-order chi connectivity index (χ0) is 10.3. The molecule has 0 aliphatic rings. The van der Waals surface area contributed by atoms with Crippen molar-refractivity contribution in [3.63, 3.8) is 0 Å². The predicted molar refractivity (Wildman–Crippen MR) is 65.9 cm³/mol. The van der Waals surface area contributed by atoms with E-state index >= 15 is 0 Å². The molecule has 2 heterocycles. The van der Waals surface area contributed by atoms with E-state index in [9.17, 15) is 0 Å². The summed E-state index contributed by atoms with van der Waals surface area (Å²) in [6, 6.07) is 0. The molecule has 0 N–H and O–H groups in total. The maximum absolute atomic E-state index is 4.16. The Hall–Kier alpha value is 0.340. The van der Waals surface area contributed by atoms with Gasteiger partial charge >= 0.3 is 0 Å². The van der Waals surface area contributed by atoms with E-state index in [0.717, 1.165) is 0 Å². The van der Waals surface area contributed by atoms with Crippen LogP contribution in [0.4, 0.5) is 0 Å². The Bertz CT molecular complexity index is 467. The number of nitrogens with zero attached hydrogens (tertiary/aromatic N) is 4. The lowest BCUT2D eigenvalue weighted by Crippen LogP contribution is -1.94. The molecule has 0 unspecified atom stereocenters. The van der Waals surface area contributed by atoms with Crippen molar-refractivity contribution in [1.82, 2.24) is 19.9 Å². The Morgan fingerprint density at radius 1 is 0.571 bits per heavy atom. The molecule has 0 atom stereocenters. The topological polar surface area (TPSA) is 51.6 Å². The van der Waals surface area contributed by atoms with Crippen molar-refractivity contribution < 1.29 is 0 Å². The van der Waals surface area contributed by atoms with Gasteiger partial charge in [0.15, 0.2) is 9.47 Å². The zero-order valence-corrected chi connectivity index (χ0v) is 12.6. The van der Waals surface area contributed by atoms with Crippen LogP contribution in [-0.4, -0.2) is 19.9 Å². The molecule has 8 heteroatoms. The third-order valence-electron chi connectivity index (χ3n) is 1.40. The lowest BCUT2D eigenvalue weighted by atomic mass is 10.4. The summed E-state index contributed by atoms with van der Waals surface area (Å²) in [7, 11) is 0. The van der Waals surface area contributed by atoms with Gasteiger partial charge in [0, 0.05) is 0 Å². The summed E-state index contributed by atoms with van der Waals surface area (Å²) in [5.74, 6) is 0. The van der Waals surface area contributed by atoms with Crippen LogP contribution in [0.3, 0.4) is 0 Å². The van der Waals surface area contributed by atoms with Crippen molar-refractivity contribution in [2.24, 2.45) is 0 Å². The van der Waals surface area contributed by atoms with E-state index in [2.05, 4.69) is 83.7 Å². The average molecular weight is 448 g/mol. The molecule has 72 valence electrons. The standard InChI is InChI=1S/C6Br4N4/c7-3-1-2(12-6(10)13-3)4(8)14-5(9)11-1. The van der Waals surface area contributed by atoms with Gasteiger partial charge in [-0.2, -0.15) is 0 Å². The molecule has 0 aromatic carbocycles. The molecule has 0 bridgehead atoms. The highest BCUT2D eigenvalue weighted by Gasteiger charge is 2.10. The highest BCUT2D eigenvalue weighted by Crippen LogP contribution is 2.26. The first-order valence-electron chi connectivity index (χ1n) is 3.29.